The number of aryl methyl sites for hydroxylation is 2. The van der Waals surface area contributed by atoms with Crippen molar-refractivity contribution in [3.05, 3.63) is 52.9 Å². The molecule has 1 aromatic heterocycles. The number of carboxylic acid groups (broad SMARTS) is 1. The molecule has 1 saturated heterocycles. The summed E-state index contributed by atoms with van der Waals surface area (Å²) in [5, 5.41) is 10.8. The van der Waals surface area contributed by atoms with E-state index in [0.29, 0.717) is 18.7 Å². The molecular weight excluding hydrogens is 350 g/mol. The Balaban J connectivity index is 0.000000817. The molecule has 8 nitrogen and oxygen atoms in total. The molecule has 1 N–H and O–H groups in total. The maximum atomic E-state index is 12.7. The van der Waals surface area contributed by atoms with Crippen molar-refractivity contribution in [3.63, 3.8) is 0 Å². The number of carbonyl (C=O) groups excluding carboxylic acids is 2. The first-order valence-corrected chi connectivity index (χ1v) is 8.47. The van der Waals surface area contributed by atoms with Gasteiger partial charge in [-0.2, -0.15) is 0 Å². The van der Waals surface area contributed by atoms with E-state index >= 15 is 0 Å². The topological polar surface area (TPSA) is 104 Å². The summed E-state index contributed by atoms with van der Waals surface area (Å²) in [6.45, 7) is 3.87. The third-order valence-electron chi connectivity index (χ3n) is 4.51. The van der Waals surface area contributed by atoms with E-state index in [-0.39, 0.29) is 24.8 Å². The van der Waals surface area contributed by atoms with Gasteiger partial charge in [0.2, 0.25) is 11.8 Å². The first-order valence-electron chi connectivity index (χ1n) is 8.47. The number of hydrogen-bond donors (Lipinski definition) is 1. The summed E-state index contributed by atoms with van der Waals surface area (Å²) in [6.07, 6.45) is 0.499. The summed E-state index contributed by atoms with van der Waals surface area (Å²) in [6, 6.07) is 9.25. The molecule has 0 saturated carbocycles. The minimum Gasteiger partial charge on any atom is -0.483 e. The number of hydrogen-bond acceptors (Lipinski definition) is 5. The molecule has 8 heteroatoms. The van der Waals surface area contributed by atoms with E-state index in [4.69, 9.17) is 14.4 Å². The molecule has 0 bridgehead atoms. The van der Waals surface area contributed by atoms with Crippen LogP contribution in [0.2, 0.25) is 0 Å². The summed E-state index contributed by atoms with van der Waals surface area (Å²) < 4.78 is 5.19. The second-order valence-electron chi connectivity index (χ2n) is 6.33. The minimum atomic E-state index is -0.507. The molecule has 2 heterocycles. The fraction of sp³-hybridized carbons (Fsp3) is 0.368. The Morgan fingerprint density at radius 2 is 1.89 bits per heavy atom. The number of carbonyl (C=O) groups is 3. The molecule has 3 rings (SSSR count). The lowest BCUT2D eigenvalue weighted by Crippen LogP contribution is -2.59. The van der Waals surface area contributed by atoms with Gasteiger partial charge in [0, 0.05) is 19.0 Å². The zero-order valence-corrected chi connectivity index (χ0v) is 15.6. The maximum Gasteiger partial charge on any atom is 0.290 e. The predicted molar refractivity (Wildman–Crippen MR) is 96.8 cm³/mol. The minimum absolute atomic E-state index is 0.0368. The smallest absolute Gasteiger partial charge is 0.290 e. The van der Waals surface area contributed by atoms with Gasteiger partial charge in [-0.25, -0.2) is 0 Å². The van der Waals surface area contributed by atoms with Gasteiger partial charge in [-0.3, -0.25) is 14.4 Å². The van der Waals surface area contributed by atoms with E-state index in [9.17, 15) is 9.59 Å². The van der Waals surface area contributed by atoms with E-state index in [0.717, 1.165) is 16.8 Å². The Labute approximate surface area is 157 Å². The fourth-order valence-corrected chi connectivity index (χ4v) is 3.06. The molecule has 144 valence electrons. The molecule has 2 amide bonds. The zero-order valence-electron chi connectivity index (χ0n) is 15.6. The molecule has 1 aliphatic heterocycles. The lowest BCUT2D eigenvalue weighted by atomic mass is 10.00. The molecule has 1 aromatic carbocycles. The van der Waals surface area contributed by atoms with Gasteiger partial charge in [-0.05, 0) is 19.4 Å². The van der Waals surface area contributed by atoms with E-state index in [1.807, 2.05) is 44.2 Å². The monoisotopic (exact) mass is 373 g/mol. The molecule has 2 aromatic rings. The summed E-state index contributed by atoms with van der Waals surface area (Å²) in [7, 11) is 1.67. The van der Waals surface area contributed by atoms with Crippen LogP contribution in [0.5, 0.6) is 0 Å². The van der Waals surface area contributed by atoms with Crippen LogP contribution in [-0.4, -0.2) is 58.0 Å². The number of nitrogens with zero attached hydrogens (tertiary/aromatic N) is 3. The lowest BCUT2D eigenvalue weighted by molar-refractivity contribution is -0.155. The van der Waals surface area contributed by atoms with Crippen LogP contribution in [0.25, 0.3) is 0 Å². The third kappa shape index (κ3) is 4.72. The molecule has 0 spiro atoms. The molecule has 0 radical (unpaired) electrons. The van der Waals surface area contributed by atoms with Gasteiger partial charge in [0.25, 0.3) is 6.47 Å². The van der Waals surface area contributed by atoms with Gasteiger partial charge in [0.1, 0.15) is 11.8 Å². The quantitative estimate of drug-likeness (QED) is 0.813. The molecular formula is C19H23N3O5. The van der Waals surface area contributed by atoms with Crippen LogP contribution < -0.4 is 0 Å². The van der Waals surface area contributed by atoms with Crippen LogP contribution in [0, 0.1) is 13.8 Å². The average molecular weight is 373 g/mol. The number of amides is 2. The van der Waals surface area contributed by atoms with Crippen molar-refractivity contribution >= 4 is 18.3 Å². The van der Waals surface area contributed by atoms with Crippen molar-refractivity contribution in [3.8, 4) is 0 Å². The largest absolute Gasteiger partial charge is 0.483 e. The van der Waals surface area contributed by atoms with E-state index in [1.165, 1.54) is 4.90 Å². The van der Waals surface area contributed by atoms with Crippen molar-refractivity contribution in [2.45, 2.75) is 32.9 Å². The van der Waals surface area contributed by atoms with Crippen LogP contribution in [0.1, 0.15) is 22.6 Å². The SMILES string of the molecule is Cc1noc(C)c1CN1C(=O)CN(C)C(=O)[C@H]1Cc1ccccc1.O=CO. The number of aromatic nitrogens is 1. The summed E-state index contributed by atoms with van der Waals surface area (Å²) >= 11 is 0. The second-order valence-corrected chi connectivity index (χ2v) is 6.33. The highest BCUT2D eigenvalue weighted by molar-refractivity contribution is 5.94. The van der Waals surface area contributed by atoms with Gasteiger partial charge in [0.05, 0.1) is 18.8 Å². The average Bonchev–Trinajstić information content (AvgIpc) is 2.95. The lowest BCUT2D eigenvalue weighted by Gasteiger charge is -2.39. The van der Waals surface area contributed by atoms with E-state index in [1.54, 1.807) is 11.9 Å². The molecule has 0 aliphatic carbocycles. The molecule has 0 unspecified atom stereocenters. The van der Waals surface area contributed by atoms with E-state index in [2.05, 4.69) is 5.16 Å². The Morgan fingerprint density at radius 1 is 1.26 bits per heavy atom. The highest BCUT2D eigenvalue weighted by Gasteiger charge is 2.38. The van der Waals surface area contributed by atoms with Crippen molar-refractivity contribution in [2.24, 2.45) is 0 Å². The number of piperazine rings is 1. The molecule has 1 fully saturated rings. The summed E-state index contributed by atoms with van der Waals surface area (Å²) in [5.41, 5.74) is 2.66. The van der Waals surface area contributed by atoms with Crippen molar-refractivity contribution in [1.29, 1.82) is 0 Å². The second kappa shape index (κ2) is 8.98. The van der Waals surface area contributed by atoms with Crippen LogP contribution in [0.3, 0.4) is 0 Å². The van der Waals surface area contributed by atoms with Crippen LogP contribution in [0.4, 0.5) is 0 Å². The number of likely N-dealkylation sites (N-methyl/N-ethyl adjacent to an activating group) is 1. The Kier molecular flexibility index (Phi) is 6.70. The van der Waals surface area contributed by atoms with Crippen LogP contribution in [0.15, 0.2) is 34.9 Å². The first-order chi connectivity index (χ1) is 12.9. The van der Waals surface area contributed by atoms with Crippen molar-refractivity contribution in [1.82, 2.24) is 15.0 Å². The van der Waals surface area contributed by atoms with Gasteiger partial charge < -0.3 is 19.4 Å². The van der Waals surface area contributed by atoms with Crippen LogP contribution in [-0.2, 0) is 27.3 Å². The number of benzene rings is 1. The van der Waals surface area contributed by atoms with Crippen molar-refractivity contribution in [2.75, 3.05) is 13.6 Å². The molecule has 1 atom stereocenters. The third-order valence-corrected chi connectivity index (χ3v) is 4.51. The van der Waals surface area contributed by atoms with Crippen molar-refractivity contribution < 1.29 is 24.0 Å². The Bertz CT molecular complexity index is 783. The van der Waals surface area contributed by atoms with Gasteiger partial charge in [-0.15, -0.1) is 0 Å². The summed E-state index contributed by atoms with van der Waals surface area (Å²) in [4.78, 5) is 36.8. The first kappa shape index (κ1) is 20.2. The van der Waals surface area contributed by atoms with Gasteiger partial charge in [-0.1, -0.05) is 35.5 Å². The zero-order chi connectivity index (χ0) is 20.0. The van der Waals surface area contributed by atoms with Crippen LogP contribution >= 0.6 is 0 Å². The highest BCUT2D eigenvalue weighted by atomic mass is 16.5. The van der Waals surface area contributed by atoms with E-state index < -0.39 is 6.04 Å². The fourth-order valence-electron chi connectivity index (χ4n) is 3.06. The van der Waals surface area contributed by atoms with Gasteiger partial charge >= 0.3 is 0 Å². The molecule has 27 heavy (non-hydrogen) atoms. The Morgan fingerprint density at radius 3 is 2.44 bits per heavy atom. The normalized spacial score (nSPS) is 16.8. The maximum absolute atomic E-state index is 12.7. The Hall–Kier alpha value is -3.16. The standard InChI is InChI=1S/C18H21N3O3.CH2O2/c1-12-15(13(2)24-19-12)10-21-16(9-14-7-5-4-6-8-14)18(23)20(3)11-17(21)22;2-1-3/h4-8,16H,9-11H2,1-3H3;1H,(H,2,3)/t16-;/m1./s1. The highest BCUT2D eigenvalue weighted by Crippen LogP contribution is 2.22. The summed E-state index contributed by atoms with van der Waals surface area (Å²) in [5.74, 6) is 0.591. The number of rotatable bonds is 4. The predicted octanol–water partition coefficient (Wildman–Crippen LogP) is 1.40. The van der Waals surface area contributed by atoms with Gasteiger partial charge in [0.15, 0.2) is 0 Å². The molecule has 1 aliphatic rings.